The molecule has 3 N–H and O–H groups in total. The van der Waals surface area contributed by atoms with E-state index in [2.05, 4.69) is 5.32 Å². The number of morpholine rings is 1. The van der Waals surface area contributed by atoms with Gasteiger partial charge in [-0.15, -0.1) is 0 Å². The van der Waals surface area contributed by atoms with Crippen LogP contribution in [0.25, 0.3) is 0 Å². The Morgan fingerprint density at radius 3 is 2.83 bits per heavy atom. The van der Waals surface area contributed by atoms with Crippen LogP contribution in [0.1, 0.15) is 12.8 Å². The van der Waals surface area contributed by atoms with E-state index in [1.165, 1.54) is 0 Å². The van der Waals surface area contributed by atoms with Crippen LogP contribution in [0.15, 0.2) is 0 Å². The van der Waals surface area contributed by atoms with Crippen LogP contribution in [-0.4, -0.2) is 66.3 Å². The number of carbonyl (C=O) groups is 2. The van der Waals surface area contributed by atoms with E-state index in [1.54, 1.807) is 4.90 Å². The highest BCUT2D eigenvalue weighted by Crippen LogP contribution is 2.35. The number of hydrogen-bond acceptors (Lipinski definition) is 4. The molecule has 2 bridgehead atoms. The van der Waals surface area contributed by atoms with Crippen LogP contribution in [0.3, 0.4) is 0 Å². The lowest BCUT2D eigenvalue weighted by Gasteiger charge is -2.49. The summed E-state index contributed by atoms with van der Waals surface area (Å²) in [6, 6.07) is -0.0196. The predicted octanol–water partition coefficient (Wildman–Crippen LogP) is -1.31. The number of ether oxygens (including phenoxy) is 1. The molecule has 0 aliphatic carbocycles. The first-order chi connectivity index (χ1) is 8.64. The van der Waals surface area contributed by atoms with Crippen LogP contribution in [0.2, 0.25) is 0 Å². The quantitative estimate of drug-likeness (QED) is 0.640. The smallest absolute Gasteiger partial charge is 0.319 e. The summed E-state index contributed by atoms with van der Waals surface area (Å²) in [7, 11) is 0. The number of nitrogens with zero attached hydrogens (tertiary/aromatic N) is 2. The standard InChI is InChI=1S/C11H18N4O3/c12-9(16)11(14-3-5-18-6-4-14)2-1-8-7-15(11)10(17)13-8/h8H,1-7H2,(H2,12,16)(H,13,17). The summed E-state index contributed by atoms with van der Waals surface area (Å²) in [6.07, 6.45) is 1.40. The molecule has 3 aliphatic rings. The SMILES string of the molecule is NC(=O)C1(N2CCOCC2)CCC2CN1C(=O)N2. The lowest BCUT2D eigenvalue weighted by Crippen LogP contribution is -2.70. The van der Waals surface area contributed by atoms with Crippen molar-refractivity contribution in [3.63, 3.8) is 0 Å². The van der Waals surface area contributed by atoms with E-state index in [0.717, 1.165) is 6.42 Å². The van der Waals surface area contributed by atoms with Gasteiger partial charge in [0.05, 0.1) is 13.2 Å². The minimum Gasteiger partial charge on any atom is -0.379 e. The second kappa shape index (κ2) is 4.10. The van der Waals surface area contributed by atoms with Crippen LogP contribution < -0.4 is 11.1 Å². The molecule has 2 unspecified atom stereocenters. The number of nitrogens with one attached hydrogen (secondary N) is 1. The van der Waals surface area contributed by atoms with Crippen molar-refractivity contribution < 1.29 is 14.3 Å². The molecule has 2 atom stereocenters. The van der Waals surface area contributed by atoms with Gasteiger partial charge in [0.1, 0.15) is 0 Å². The number of primary amides is 1. The molecular formula is C11H18N4O3. The molecule has 3 fully saturated rings. The highest BCUT2D eigenvalue weighted by atomic mass is 16.5. The third kappa shape index (κ3) is 1.50. The van der Waals surface area contributed by atoms with Crippen LogP contribution in [0.4, 0.5) is 4.79 Å². The fourth-order valence-corrected chi connectivity index (χ4v) is 3.27. The Hall–Kier alpha value is -1.34. The Bertz CT molecular complexity index is 382. The Morgan fingerprint density at radius 2 is 2.17 bits per heavy atom. The lowest BCUT2D eigenvalue weighted by atomic mass is 9.91. The first-order valence-electron chi connectivity index (χ1n) is 6.35. The molecule has 3 amide bonds. The van der Waals surface area contributed by atoms with Crippen molar-refractivity contribution >= 4 is 11.9 Å². The Kier molecular flexibility index (Phi) is 2.67. The van der Waals surface area contributed by atoms with Gasteiger partial charge < -0.3 is 15.8 Å². The number of urea groups is 1. The number of rotatable bonds is 2. The average Bonchev–Trinajstić information content (AvgIpc) is 2.68. The van der Waals surface area contributed by atoms with Gasteiger partial charge in [-0.3, -0.25) is 14.6 Å². The van der Waals surface area contributed by atoms with E-state index >= 15 is 0 Å². The monoisotopic (exact) mass is 254 g/mol. The molecule has 0 saturated carbocycles. The van der Waals surface area contributed by atoms with Crippen molar-refractivity contribution in [2.75, 3.05) is 32.8 Å². The van der Waals surface area contributed by atoms with Crippen molar-refractivity contribution in [1.82, 2.24) is 15.1 Å². The largest absolute Gasteiger partial charge is 0.379 e. The summed E-state index contributed by atoms with van der Waals surface area (Å²) in [5.41, 5.74) is 4.68. The zero-order valence-electron chi connectivity index (χ0n) is 10.2. The number of nitrogens with two attached hydrogens (primary N) is 1. The number of carbonyl (C=O) groups excluding carboxylic acids is 2. The molecule has 3 rings (SSSR count). The fourth-order valence-electron chi connectivity index (χ4n) is 3.27. The maximum atomic E-state index is 12.0. The molecule has 0 aromatic rings. The van der Waals surface area contributed by atoms with Crippen LogP contribution in [0.5, 0.6) is 0 Å². The highest BCUT2D eigenvalue weighted by Gasteiger charge is 2.56. The maximum absolute atomic E-state index is 12.0. The van der Waals surface area contributed by atoms with Gasteiger partial charge in [0, 0.05) is 25.7 Å². The van der Waals surface area contributed by atoms with Crippen molar-refractivity contribution in [2.45, 2.75) is 24.5 Å². The van der Waals surface area contributed by atoms with Crippen molar-refractivity contribution in [3.8, 4) is 0 Å². The van der Waals surface area contributed by atoms with Crippen molar-refractivity contribution in [3.05, 3.63) is 0 Å². The molecule has 3 aliphatic heterocycles. The third-order valence-electron chi connectivity index (χ3n) is 4.19. The topological polar surface area (TPSA) is 87.9 Å². The molecule has 7 heteroatoms. The van der Waals surface area contributed by atoms with E-state index < -0.39 is 11.6 Å². The molecule has 3 saturated heterocycles. The molecule has 100 valence electrons. The molecule has 3 heterocycles. The first-order valence-corrected chi connectivity index (χ1v) is 6.35. The second-order valence-electron chi connectivity index (χ2n) is 5.08. The maximum Gasteiger partial charge on any atom is 0.319 e. The highest BCUT2D eigenvalue weighted by molar-refractivity contribution is 5.91. The molecule has 18 heavy (non-hydrogen) atoms. The Balaban J connectivity index is 1.95. The van der Waals surface area contributed by atoms with Gasteiger partial charge in [0.25, 0.3) is 5.91 Å². The lowest BCUT2D eigenvalue weighted by molar-refractivity contribution is -0.151. The van der Waals surface area contributed by atoms with E-state index in [9.17, 15) is 9.59 Å². The third-order valence-corrected chi connectivity index (χ3v) is 4.19. The predicted molar refractivity (Wildman–Crippen MR) is 62.6 cm³/mol. The van der Waals surface area contributed by atoms with Crippen LogP contribution >= 0.6 is 0 Å². The van der Waals surface area contributed by atoms with E-state index in [1.807, 2.05) is 4.90 Å². The first kappa shape index (κ1) is 11.7. The van der Waals surface area contributed by atoms with Gasteiger partial charge in [-0.25, -0.2) is 4.79 Å². The number of hydrogen-bond donors (Lipinski definition) is 2. The van der Waals surface area contributed by atoms with Gasteiger partial charge >= 0.3 is 6.03 Å². The zero-order valence-corrected chi connectivity index (χ0v) is 10.2. The Labute approximate surface area is 105 Å². The minimum absolute atomic E-state index is 0.158. The van der Waals surface area contributed by atoms with E-state index in [-0.39, 0.29) is 12.1 Å². The minimum atomic E-state index is -0.957. The molecule has 0 radical (unpaired) electrons. The summed E-state index contributed by atoms with van der Waals surface area (Å²) >= 11 is 0. The van der Waals surface area contributed by atoms with Crippen molar-refractivity contribution in [2.24, 2.45) is 5.73 Å². The van der Waals surface area contributed by atoms with E-state index in [4.69, 9.17) is 10.5 Å². The molecule has 0 aromatic carbocycles. The van der Waals surface area contributed by atoms with Crippen molar-refractivity contribution in [1.29, 1.82) is 0 Å². The summed E-state index contributed by atoms with van der Waals surface area (Å²) < 4.78 is 5.31. The number of piperidine rings is 1. The van der Waals surface area contributed by atoms with Gasteiger partial charge in [-0.2, -0.15) is 0 Å². The molecule has 7 nitrogen and oxygen atoms in total. The summed E-state index contributed by atoms with van der Waals surface area (Å²) in [4.78, 5) is 27.6. The van der Waals surface area contributed by atoms with Crippen LogP contribution in [0, 0.1) is 0 Å². The Morgan fingerprint density at radius 1 is 1.44 bits per heavy atom. The fraction of sp³-hybridized carbons (Fsp3) is 0.818. The second-order valence-corrected chi connectivity index (χ2v) is 5.08. The summed E-state index contributed by atoms with van der Waals surface area (Å²) in [5, 5.41) is 2.89. The molecule has 0 aromatic heterocycles. The van der Waals surface area contributed by atoms with Gasteiger partial charge in [-0.05, 0) is 12.8 Å². The normalized spacial score (nSPS) is 36.6. The molecular weight excluding hydrogens is 236 g/mol. The van der Waals surface area contributed by atoms with Gasteiger partial charge in [0.15, 0.2) is 5.66 Å². The average molecular weight is 254 g/mol. The van der Waals surface area contributed by atoms with Crippen LogP contribution in [-0.2, 0) is 9.53 Å². The van der Waals surface area contributed by atoms with Gasteiger partial charge in [0.2, 0.25) is 0 Å². The molecule has 0 spiro atoms. The van der Waals surface area contributed by atoms with Gasteiger partial charge in [-0.1, -0.05) is 0 Å². The summed E-state index contributed by atoms with van der Waals surface area (Å²) in [5.74, 6) is -0.431. The van der Waals surface area contributed by atoms with E-state index in [0.29, 0.717) is 39.3 Å². The summed E-state index contributed by atoms with van der Waals surface area (Å²) in [6.45, 7) is 3.00. The number of amides is 3. The number of fused-ring (bicyclic) bond motifs is 2. The zero-order chi connectivity index (χ0) is 12.8.